The van der Waals surface area contributed by atoms with Crippen molar-refractivity contribution in [3.63, 3.8) is 0 Å². The lowest BCUT2D eigenvalue weighted by molar-refractivity contribution is -0.137. The first-order chi connectivity index (χ1) is 28.8. The topological polar surface area (TPSA) is 74.3 Å². The summed E-state index contributed by atoms with van der Waals surface area (Å²) in [5, 5.41) is 4.32. The number of likely N-dealkylation sites (tertiary alicyclic amines) is 1. The minimum absolute atomic E-state index is 0.0167. The lowest BCUT2D eigenvalue weighted by Crippen LogP contribution is -2.58. The lowest BCUT2D eigenvalue weighted by atomic mass is 9.88. The van der Waals surface area contributed by atoms with Gasteiger partial charge >= 0.3 is 6.09 Å². The fourth-order valence-corrected chi connectivity index (χ4v) is 9.08. The van der Waals surface area contributed by atoms with Crippen LogP contribution in [0.15, 0.2) is 126 Å². The largest absolute Gasteiger partial charge is 0.489 e. The Bertz CT molecular complexity index is 2140. The highest BCUT2D eigenvalue weighted by atomic mass is 35.5. The van der Waals surface area contributed by atoms with Crippen molar-refractivity contribution in [2.45, 2.75) is 50.0 Å². The molecule has 0 aromatic heterocycles. The monoisotopic (exact) mass is 850 g/mol. The zero-order chi connectivity index (χ0) is 41.0. The maximum Gasteiger partial charge on any atom is 0.408 e. The van der Waals surface area contributed by atoms with Gasteiger partial charge in [-0.15, -0.1) is 11.8 Å². The molecule has 0 bridgehead atoms. The van der Waals surface area contributed by atoms with Crippen LogP contribution in [0.1, 0.15) is 35.1 Å². The normalized spacial score (nSPS) is 15.7. The molecule has 5 aromatic carbocycles. The zero-order valence-electron chi connectivity index (χ0n) is 33.5. The third-order valence-corrected chi connectivity index (χ3v) is 12.6. The van der Waals surface area contributed by atoms with E-state index < -0.39 is 12.1 Å². The Morgan fingerprint density at radius 3 is 2.12 bits per heavy atom. The van der Waals surface area contributed by atoms with Crippen LogP contribution in [0.4, 0.5) is 4.79 Å². The predicted octanol–water partition coefficient (Wildman–Crippen LogP) is 9.86. The Labute approximate surface area is 362 Å². The molecule has 0 aliphatic carbocycles. The molecule has 2 amide bonds. The minimum atomic E-state index is -0.662. The number of rotatable bonds is 15. The van der Waals surface area contributed by atoms with E-state index in [1.54, 1.807) is 11.8 Å². The number of hydrogen-bond donors (Lipinski definition) is 1. The predicted molar refractivity (Wildman–Crippen MR) is 239 cm³/mol. The molecule has 0 spiro atoms. The van der Waals surface area contributed by atoms with E-state index in [4.69, 9.17) is 32.7 Å². The maximum atomic E-state index is 14.3. The van der Waals surface area contributed by atoms with E-state index in [0.717, 1.165) is 86.3 Å². The van der Waals surface area contributed by atoms with Crippen molar-refractivity contribution < 1.29 is 19.1 Å². The highest BCUT2D eigenvalue weighted by Gasteiger charge is 2.36. The number of halogens is 2. The van der Waals surface area contributed by atoms with Crippen LogP contribution in [0.2, 0.25) is 10.0 Å². The van der Waals surface area contributed by atoms with Crippen molar-refractivity contribution in [3.8, 4) is 16.9 Å². The van der Waals surface area contributed by atoms with Crippen molar-refractivity contribution in [2.24, 2.45) is 5.92 Å². The molecule has 2 fully saturated rings. The van der Waals surface area contributed by atoms with Gasteiger partial charge in [0.25, 0.3) is 0 Å². The summed E-state index contributed by atoms with van der Waals surface area (Å²) in [6, 6.07) is 39.4. The molecule has 11 heteroatoms. The Kier molecular flexibility index (Phi) is 15.3. The van der Waals surface area contributed by atoms with Crippen molar-refractivity contribution in [2.75, 3.05) is 52.1 Å². The number of piperidine rings is 1. The van der Waals surface area contributed by atoms with Crippen LogP contribution in [0, 0.1) is 5.92 Å². The van der Waals surface area contributed by atoms with Gasteiger partial charge in [-0.3, -0.25) is 9.69 Å². The first-order valence-corrected chi connectivity index (χ1v) is 22.4. The molecule has 1 atom stereocenters. The summed E-state index contributed by atoms with van der Waals surface area (Å²) in [5.74, 6) is 0.665. The number of piperazine rings is 1. The molecule has 2 aliphatic rings. The summed E-state index contributed by atoms with van der Waals surface area (Å²) in [5.41, 5.74) is 6.45. The third-order valence-electron chi connectivity index (χ3n) is 11.3. The van der Waals surface area contributed by atoms with E-state index in [9.17, 15) is 9.59 Å². The van der Waals surface area contributed by atoms with Gasteiger partial charge in [0, 0.05) is 54.2 Å². The van der Waals surface area contributed by atoms with E-state index in [0.29, 0.717) is 35.5 Å². The molecule has 2 saturated heterocycles. The Morgan fingerprint density at radius 2 is 1.41 bits per heavy atom. The molecule has 0 unspecified atom stereocenters. The van der Waals surface area contributed by atoms with Crippen LogP contribution in [0.5, 0.6) is 5.75 Å². The van der Waals surface area contributed by atoms with Gasteiger partial charge in [-0.05, 0) is 114 Å². The molecular formula is C48H52Cl2N4O4S. The van der Waals surface area contributed by atoms with Crippen LogP contribution in [0.3, 0.4) is 0 Å². The number of carbonyl (C=O) groups is 2. The molecule has 2 heterocycles. The summed E-state index contributed by atoms with van der Waals surface area (Å²) < 4.78 is 11.8. The van der Waals surface area contributed by atoms with Crippen LogP contribution < -0.4 is 10.1 Å². The fourth-order valence-electron chi connectivity index (χ4n) is 8.05. The van der Waals surface area contributed by atoms with E-state index in [-0.39, 0.29) is 18.4 Å². The highest BCUT2D eigenvalue weighted by Crippen LogP contribution is 2.33. The van der Waals surface area contributed by atoms with Gasteiger partial charge in [0.15, 0.2) is 0 Å². The standard InChI is InChI=1S/C48H52Cl2N4O4S/c1-59-45-15-9-8-14-39(45)32-53-24-26-54(27-25-53)47(55)46(51-48(56)58-34-36-12-6-3-7-13-36)37-18-21-52(22-19-37)23-20-38-28-41(49)16-17-44(38)40-29-42(50)31-43(30-40)57-33-35-10-4-2-5-11-35/h2-17,28-31,37,46H,18-27,32-34H2,1H3,(H,51,56)/t46-/m1/s1. The van der Waals surface area contributed by atoms with E-state index in [2.05, 4.69) is 51.7 Å². The van der Waals surface area contributed by atoms with Crippen LogP contribution >= 0.6 is 35.0 Å². The van der Waals surface area contributed by atoms with E-state index in [1.165, 1.54) is 10.5 Å². The number of nitrogens with zero attached hydrogens (tertiary/aromatic N) is 3. The second kappa shape index (κ2) is 21.1. The summed E-state index contributed by atoms with van der Waals surface area (Å²) in [7, 11) is 0. The van der Waals surface area contributed by atoms with Crippen LogP contribution in [-0.4, -0.2) is 84.8 Å². The first kappa shape index (κ1) is 42.6. The van der Waals surface area contributed by atoms with Gasteiger partial charge in [-0.25, -0.2) is 4.79 Å². The first-order valence-electron chi connectivity index (χ1n) is 20.4. The fraction of sp³-hybridized carbons (Fsp3) is 0.333. The van der Waals surface area contributed by atoms with Gasteiger partial charge in [0.2, 0.25) is 5.91 Å². The number of thioether (sulfide) groups is 1. The van der Waals surface area contributed by atoms with Gasteiger partial charge in [0.1, 0.15) is 25.0 Å². The SMILES string of the molecule is CSc1ccccc1CN1CCN(C(=O)[C@H](NC(=O)OCc2ccccc2)C2CCN(CCc3cc(Cl)ccc3-c3cc(Cl)cc(OCc4ccccc4)c3)CC2)CC1. The molecule has 7 rings (SSSR count). The van der Waals surface area contributed by atoms with Crippen LogP contribution in [-0.2, 0) is 35.7 Å². The van der Waals surface area contributed by atoms with Gasteiger partial charge in [0.05, 0.1) is 0 Å². The number of hydrogen-bond acceptors (Lipinski definition) is 7. The average Bonchev–Trinajstić information content (AvgIpc) is 3.27. The molecule has 8 nitrogen and oxygen atoms in total. The highest BCUT2D eigenvalue weighted by molar-refractivity contribution is 7.98. The molecule has 59 heavy (non-hydrogen) atoms. The number of nitrogens with one attached hydrogen (secondary N) is 1. The molecular weight excluding hydrogens is 800 g/mol. The maximum absolute atomic E-state index is 14.3. The van der Waals surface area contributed by atoms with E-state index >= 15 is 0 Å². The summed E-state index contributed by atoms with van der Waals surface area (Å²) in [4.78, 5) is 35.6. The van der Waals surface area contributed by atoms with Crippen molar-refractivity contribution in [3.05, 3.63) is 154 Å². The van der Waals surface area contributed by atoms with Gasteiger partial charge < -0.3 is 24.6 Å². The molecule has 1 N–H and O–H groups in total. The number of ether oxygens (including phenoxy) is 2. The van der Waals surface area contributed by atoms with Crippen molar-refractivity contribution in [1.29, 1.82) is 0 Å². The van der Waals surface area contributed by atoms with Gasteiger partial charge in [-0.1, -0.05) is 108 Å². The molecule has 308 valence electrons. The number of alkyl carbamates (subject to hydrolysis) is 1. The second-order valence-electron chi connectivity index (χ2n) is 15.3. The number of amides is 2. The molecule has 2 aliphatic heterocycles. The lowest BCUT2D eigenvalue weighted by Gasteiger charge is -2.40. The Balaban J connectivity index is 0.977. The van der Waals surface area contributed by atoms with Crippen molar-refractivity contribution >= 4 is 47.0 Å². The second-order valence-corrected chi connectivity index (χ2v) is 17.0. The third kappa shape index (κ3) is 12.0. The zero-order valence-corrected chi connectivity index (χ0v) is 35.9. The summed E-state index contributed by atoms with van der Waals surface area (Å²) in [6.07, 6.45) is 3.88. The molecule has 0 saturated carbocycles. The van der Waals surface area contributed by atoms with Crippen LogP contribution in [0.25, 0.3) is 11.1 Å². The summed E-state index contributed by atoms with van der Waals surface area (Å²) in [6.45, 7) is 6.68. The number of carbonyl (C=O) groups excluding carboxylic acids is 2. The van der Waals surface area contributed by atoms with Crippen molar-refractivity contribution in [1.82, 2.24) is 20.0 Å². The average molecular weight is 852 g/mol. The Morgan fingerprint density at radius 1 is 0.729 bits per heavy atom. The quantitative estimate of drug-likeness (QED) is 0.105. The van der Waals surface area contributed by atoms with Gasteiger partial charge in [-0.2, -0.15) is 0 Å². The molecule has 5 aromatic rings. The number of benzene rings is 5. The Hall–Kier alpha value is -4.51. The smallest absolute Gasteiger partial charge is 0.408 e. The minimum Gasteiger partial charge on any atom is -0.489 e. The summed E-state index contributed by atoms with van der Waals surface area (Å²) >= 11 is 14.9. The molecule has 0 radical (unpaired) electrons. The van der Waals surface area contributed by atoms with E-state index in [1.807, 2.05) is 95.9 Å².